The predicted octanol–water partition coefficient (Wildman–Crippen LogP) is 3.70. The molecule has 0 heterocycles. The highest BCUT2D eigenvalue weighted by atomic mass is 35.7. The lowest BCUT2D eigenvalue weighted by atomic mass is 10.2. The molecular formula is C15H10Cl2O3S. The molecule has 0 saturated heterocycles. The maximum Gasteiger partial charge on any atom is 0.261 e. The molecule has 0 aliphatic rings. The van der Waals surface area contributed by atoms with Crippen molar-refractivity contribution in [3.63, 3.8) is 0 Å². The van der Waals surface area contributed by atoms with Gasteiger partial charge >= 0.3 is 0 Å². The molecule has 0 atom stereocenters. The number of hydrogen-bond acceptors (Lipinski definition) is 3. The van der Waals surface area contributed by atoms with E-state index in [1.54, 1.807) is 12.1 Å². The zero-order valence-electron chi connectivity index (χ0n) is 10.7. The van der Waals surface area contributed by atoms with Crippen LogP contribution in [-0.4, -0.2) is 15.0 Å². The molecule has 0 saturated carbocycles. The zero-order chi connectivity index (χ0) is 15.3. The van der Waals surface area contributed by atoms with Crippen molar-refractivity contribution < 1.29 is 13.2 Å². The van der Waals surface area contributed by atoms with Gasteiger partial charge in [0, 0.05) is 21.3 Å². The summed E-state index contributed by atoms with van der Waals surface area (Å²) < 4.78 is 27.5. The molecule has 0 unspecified atom stereocenters. The van der Waals surface area contributed by atoms with Crippen molar-refractivity contribution in [2.75, 3.05) is 6.61 Å². The van der Waals surface area contributed by atoms with Crippen LogP contribution in [0.4, 0.5) is 0 Å². The fourth-order valence-electron chi connectivity index (χ4n) is 1.49. The highest BCUT2D eigenvalue weighted by Gasteiger charge is 2.08. The van der Waals surface area contributed by atoms with E-state index in [-0.39, 0.29) is 11.5 Å². The van der Waals surface area contributed by atoms with Crippen molar-refractivity contribution in [1.82, 2.24) is 0 Å². The molecule has 0 aliphatic carbocycles. The molecule has 6 heteroatoms. The Morgan fingerprint density at radius 1 is 1.00 bits per heavy atom. The van der Waals surface area contributed by atoms with E-state index in [0.717, 1.165) is 5.56 Å². The maximum absolute atomic E-state index is 11.1. The van der Waals surface area contributed by atoms with Gasteiger partial charge in [-0.2, -0.15) is 0 Å². The smallest absolute Gasteiger partial charge is 0.261 e. The Morgan fingerprint density at radius 2 is 1.62 bits per heavy atom. The third-order valence-corrected chi connectivity index (χ3v) is 4.11. The van der Waals surface area contributed by atoms with E-state index in [4.69, 9.17) is 27.0 Å². The summed E-state index contributed by atoms with van der Waals surface area (Å²) in [7, 11) is 1.51. The Labute approximate surface area is 132 Å². The monoisotopic (exact) mass is 340 g/mol. The van der Waals surface area contributed by atoms with E-state index >= 15 is 0 Å². The highest BCUT2D eigenvalue weighted by Crippen LogP contribution is 2.18. The maximum atomic E-state index is 11.1. The van der Waals surface area contributed by atoms with Crippen molar-refractivity contribution in [3.05, 3.63) is 59.1 Å². The first-order chi connectivity index (χ1) is 9.95. The summed E-state index contributed by atoms with van der Waals surface area (Å²) in [5, 5.41) is 0.658. The van der Waals surface area contributed by atoms with Gasteiger partial charge in [0.05, 0.1) is 4.90 Å². The number of benzene rings is 2. The predicted molar refractivity (Wildman–Crippen MR) is 83.3 cm³/mol. The van der Waals surface area contributed by atoms with Crippen LogP contribution in [0.15, 0.2) is 53.4 Å². The highest BCUT2D eigenvalue weighted by molar-refractivity contribution is 8.13. The molecular weight excluding hydrogens is 331 g/mol. The van der Waals surface area contributed by atoms with Crippen LogP contribution in [0.1, 0.15) is 5.56 Å². The topological polar surface area (TPSA) is 43.4 Å². The summed E-state index contributed by atoms with van der Waals surface area (Å²) in [6.07, 6.45) is 0. The average Bonchev–Trinajstić information content (AvgIpc) is 2.45. The molecule has 0 bridgehead atoms. The molecule has 21 heavy (non-hydrogen) atoms. The third kappa shape index (κ3) is 4.98. The molecule has 2 aromatic rings. The van der Waals surface area contributed by atoms with Crippen LogP contribution in [0.3, 0.4) is 0 Å². The van der Waals surface area contributed by atoms with Crippen LogP contribution in [-0.2, 0) is 9.05 Å². The van der Waals surface area contributed by atoms with Crippen molar-refractivity contribution in [3.8, 4) is 17.6 Å². The van der Waals surface area contributed by atoms with Crippen molar-refractivity contribution in [2.24, 2.45) is 0 Å². The SMILES string of the molecule is O=S(=O)(Cl)c1ccc(OCC#Cc2ccc(Cl)cc2)cc1. The molecule has 3 nitrogen and oxygen atoms in total. The molecule has 2 aromatic carbocycles. The summed E-state index contributed by atoms with van der Waals surface area (Å²) in [4.78, 5) is 0.0313. The minimum atomic E-state index is -3.71. The first-order valence-corrected chi connectivity index (χ1v) is 8.56. The Bertz CT molecular complexity index is 770. The van der Waals surface area contributed by atoms with Crippen LogP contribution in [0, 0.1) is 11.8 Å². The molecule has 0 aliphatic heterocycles. The van der Waals surface area contributed by atoms with Crippen LogP contribution < -0.4 is 4.74 Å². The molecule has 0 N–H and O–H groups in total. The second-order valence-electron chi connectivity index (χ2n) is 4.01. The number of rotatable bonds is 3. The van der Waals surface area contributed by atoms with E-state index in [0.29, 0.717) is 10.8 Å². The summed E-state index contributed by atoms with van der Waals surface area (Å²) in [5.74, 6) is 6.30. The second kappa shape index (κ2) is 6.86. The Morgan fingerprint density at radius 3 is 2.19 bits per heavy atom. The average molecular weight is 341 g/mol. The molecule has 2 rings (SSSR count). The van der Waals surface area contributed by atoms with Crippen LogP contribution in [0.2, 0.25) is 5.02 Å². The van der Waals surface area contributed by atoms with Crippen LogP contribution in [0.25, 0.3) is 0 Å². The minimum Gasteiger partial charge on any atom is -0.481 e. The molecule has 0 radical (unpaired) electrons. The third-order valence-electron chi connectivity index (χ3n) is 2.49. The Kier molecular flexibility index (Phi) is 5.13. The Hall–Kier alpha value is -1.67. The Balaban J connectivity index is 1.94. The van der Waals surface area contributed by atoms with E-state index in [1.807, 2.05) is 12.1 Å². The van der Waals surface area contributed by atoms with Gasteiger partial charge in [-0.05, 0) is 48.5 Å². The summed E-state index contributed by atoms with van der Waals surface area (Å²) in [5.41, 5.74) is 0.839. The number of hydrogen-bond donors (Lipinski definition) is 0. The molecule has 0 fully saturated rings. The largest absolute Gasteiger partial charge is 0.481 e. The molecule has 0 aromatic heterocycles. The first kappa shape index (κ1) is 15.7. The van der Waals surface area contributed by atoms with Gasteiger partial charge in [-0.15, -0.1) is 0 Å². The lowest BCUT2D eigenvalue weighted by Crippen LogP contribution is -1.95. The van der Waals surface area contributed by atoms with Gasteiger partial charge in [-0.1, -0.05) is 23.4 Å². The van der Waals surface area contributed by atoms with Gasteiger partial charge in [0.1, 0.15) is 12.4 Å². The minimum absolute atomic E-state index is 0.0313. The van der Waals surface area contributed by atoms with Crippen LogP contribution in [0.5, 0.6) is 5.75 Å². The van der Waals surface area contributed by atoms with E-state index in [9.17, 15) is 8.42 Å². The molecule has 0 spiro atoms. The van der Waals surface area contributed by atoms with E-state index < -0.39 is 9.05 Å². The molecule has 108 valence electrons. The summed E-state index contributed by atoms with van der Waals surface area (Å²) >= 11 is 5.77. The van der Waals surface area contributed by atoms with Crippen molar-refractivity contribution >= 4 is 31.3 Å². The first-order valence-electron chi connectivity index (χ1n) is 5.87. The lowest BCUT2D eigenvalue weighted by molar-refractivity contribution is 0.370. The van der Waals surface area contributed by atoms with E-state index in [2.05, 4.69) is 11.8 Å². The van der Waals surface area contributed by atoms with Crippen molar-refractivity contribution in [1.29, 1.82) is 0 Å². The number of ether oxygens (including phenoxy) is 1. The van der Waals surface area contributed by atoms with Crippen molar-refractivity contribution in [2.45, 2.75) is 4.90 Å². The van der Waals surface area contributed by atoms with Gasteiger partial charge in [-0.3, -0.25) is 0 Å². The lowest BCUT2D eigenvalue weighted by Gasteiger charge is -2.02. The normalized spacial score (nSPS) is 10.6. The summed E-state index contributed by atoms with van der Waals surface area (Å²) in [6, 6.07) is 13.0. The van der Waals surface area contributed by atoms with Gasteiger partial charge in [0.2, 0.25) is 0 Å². The van der Waals surface area contributed by atoms with E-state index in [1.165, 1.54) is 24.3 Å². The standard InChI is InChI=1S/C15H10Cl2O3S/c16-13-5-3-12(4-6-13)2-1-11-20-14-7-9-15(10-8-14)21(17,18)19/h3-10H,11H2. The van der Waals surface area contributed by atoms with Gasteiger partial charge < -0.3 is 4.74 Å². The van der Waals surface area contributed by atoms with Gasteiger partial charge in [0.15, 0.2) is 0 Å². The fraction of sp³-hybridized carbons (Fsp3) is 0.0667. The second-order valence-corrected chi connectivity index (χ2v) is 7.01. The molecule has 0 amide bonds. The van der Waals surface area contributed by atoms with Gasteiger partial charge in [-0.25, -0.2) is 8.42 Å². The van der Waals surface area contributed by atoms with Gasteiger partial charge in [0.25, 0.3) is 9.05 Å². The fourth-order valence-corrected chi connectivity index (χ4v) is 2.38. The van der Waals surface area contributed by atoms with Crippen LogP contribution >= 0.6 is 22.3 Å². The zero-order valence-corrected chi connectivity index (χ0v) is 13.0. The quantitative estimate of drug-likeness (QED) is 0.632. The summed E-state index contributed by atoms with van der Waals surface area (Å²) in [6.45, 7) is 0.190. The number of halogens is 2.